The molecule has 1 saturated carbocycles. The number of carbonyl (C=O) groups excluding carboxylic acids is 2. The highest BCUT2D eigenvalue weighted by Gasteiger charge is 2.20. The summed E-state index contributed by atoms with van der Waals surface area (Å²) in [4.78, 5) is 29.2. The van der Waals surface area contributed by atoms with Crippen LogP contribution in [0.25, 0.3) is 11.3 Å². The average molecular weight is 415 g/mol. The van der Waals surface area contributed by atoms with E-state index in [1.54, 1.807) is 23.9 Å². The molecule has 1 aliphatic carbocycles. The van der Waals surface area contributed by atoms with Crippen molar-refractivity contribution in [1.82, 2.24) is 10.3 Å². The molecule has 6 heteroatoms. The van der Waals surface area contributed by atoms with E-state index in [-0.39, 0.29) is 17.1 Å². The van der Waals surface area contributed by atoms with Crippen LogP contribution in [-0.2, 0) is 0 Å². The van der Waals surface area contributed by atoms with Gasteiger partial charge in [-0.25, -0.2) is 4.98 Å². The minimum absolute atomic E-state index is 0.0381. The Morgan fingerprint density at radius 2 is 1.96 bits per heavy atom. The van der Waals surface area contributed by atoms with Crippen LogP contribution in [0, 0.1) is 0 Å². The Morgan fingerprint density at radius 1 is 1.18 bits per heavy atom. The summed E-state index contributed by atoms with van der Waals surface area (Å²) in [6, 6.07) is 11.2. The maximum atomic E-state index is 12.9. The van der Waals surface area contributed by atoms with E-state index in [1.807, 2.05) is 24.3 Å². The van der Waals surface area contributed by atoms with Gasteiger partial charge in [0, 0.05) is 17.2 Å². The predicted molar refractivity (Wildman–Crippen MR) is 118 cm³/mol. The zero-order valence-electron chi connectivity index (χ0n) is 16.1. The zero-order chi connectivity index (χ0) is 19.9. The van der Waals surface area contributed by atoms with E-state index < -0.39 is 0 Å². The Hall–Kier alpha value is -1.79. The summed E-state index contributed by atoms with van der Waals surface area (Å²) in [5.41, 5.74) is 2.76. The first-order valence-corrected chi connectivity index (χ1v) is 11.3. The first-order valence-electron chi connectivity index (χ1n) is 9.87. The molecule has 0 bridgehead atoms. The number of carbonyl (C=O) groups is 2. The number of pyridine rings is 1. The van der Waals surface area contributed by atoms with Crippen molar-refractivity contribution in [2.24, 2.45) is 0 Å². The lowest BCUT2D eigenvalue weighted by molar-refractivity contribution is 0.0923. The number of nitrogens with one attached hydrogen (secondary N) is 1. The molecule has 4 nitrogen and oxygen atoms in total. The van der Waals surface area contributed by atoms with Crippen LogP contribution in [-0.4, -0.2) is 27.8 Å². The van der Waals surface area contributed by atoms with Gasteiger partial charge in [0.15, 0.2) is 0 Å². The van der Waals surface area contributed by atoms with Crippen molar-refractivity contribution < 1.29 is 9.59 Å². The van der Waals surface area contributed by atoms with Crippen molar-refractivity contribution >= 4 is 35.4 Å². The van der Waals surface area contributed by atoms with Gasteiger partial charge < -0.3 is 5.32 Å². The van der Waals surface area contributed by atoms with Crippen LogP contribution in [0.4, 0.5) is 0 Å². The third-order valence-electron chi connectivity index (χ3n) is 4.89. The minimum Gasteiger partial charge on any atom is -0.349 e. The van der Waals surface area contributed by atoms with E-state index in [4.69, 9.17) is 4.98 Å². The fourth-order valence-corrected chi connectivity index (χ4v) is 4.42. The molecule has 148 valence electrons. The molecule has 1 fully saturated rings. The first-order chi connectivity index (χ1) is 13.6. The van der Waals surface area contributed by atoms with Crippen molar-refractivity contribution in [2.75, 3.05) is 5.75 Å². The molecule has 0 spiro atoms. The molecule has 1 amide bonds. The SMILES string of the molecule is CCCSc1nc(-c2cccc(C(=O)S)c2)ccc1C(=O)NC1CCCCC1. The molecule has 1 heterocycles. The number of nitrogens with zero attached hydrogens (tertiary/aromatic N) is 1. The molecule has 0 radical (unpaired) electrons. The minimum atomic E-state index is -0.272. The van der Waals surface area contributed by atoms with Gasteiger partial charge >= 0.3 is 0 Å². The van der Waals surface area contributed by atoms with Gasteiger partial charge in [0.1, 0.15) is 5.03 Å². The molecule has 1 aromatic heterocycles. The van der Waals surface area contributed by atoms with Crippen LogP contribution in [0.1, 0.15) is 66.2 Å². The fraction of sp³-hybridized carbons (Fsp3) is 0.409. The Kier molecular flexibility index (Phi) is 7.57. The molecule has 2 aromatic rings. The molecular weight excluding hydrogens is 388 g/mol. The third-order valence-corrected chi connectivity index (χ3v) is 6.35. The number of rotatable bonds is 7. The second-order valence-electron chi connectivity index (χ2n) is 7.09. The summed E-state index contributed by atoms with van der Waals surface area (Å²) in [5.74, 6) is 0.860. The fourth-order valence-electron chi connectivity index (χ4n) is 3.40. The molecule has 0 atom stereocenters. The summed E-state index contributed by atoms with van der Waals surface area (Å²) < 4.78 is 0. The van der Waals surface area contributed by atoms with Gasteiger partial charge in [-0.2, -0.15) is 0 Å². The molecule has 3 rings (SSSR count). The number of amides is 1. The molecule has 0 unspecified atom stereocenters. The van der Waals surface area contributed by atoms with Gasteiger partial charge in [-0.3, -0.25) is 9.59 Å². The lowest BCUT2D eigenvalue weighted by Gasteiger charge is -2.23. The molecule has 28 heavy (non-hydrogen) atoms. The van der Waals surface area contributed by atoms with Gasteiger partial charge in [0.25, 0.3) is 5.91 Å². The predicted octanol–water partition coefficient (Wildman–Crippen LogP) is 5.38. The third kappa shape index (κ3) is 5.39. The quantitative estimate of drug-likeness (QED) is 0.471. The molecule has 1 aromatic carbocycles. The lowest BCUT2D eigenvalue weighted by Crippen LogP contribution is -2.36. The van der Waals surface area contributed by atoms with E-state index in [0.29, 0.717) is 11.1 Å². The number of benzene rings is 1. The molecule has 0 saturated heterocycles. The Balaban J connectivity index is 1.87. The maximum Gasteiger partial charge on any atom is 0.254 e. The summed E-state index contributed by atoms with van der Waals surface area (Å²) in [6.07, 6.45) is 6.73. The van der Waals surface area contributed by atoms with Crippen LogP contribution in [0.15, 0.2) is 41.4 Å². The summed E-state index contributed by atoms with van der Waals surface area (Å²) >= 11 is 5.51. The standard InChI is InChI=1S/C22H26N2O2S2/c1-2-13-28-21-18(20(25)23-17-9-4-3-5-10-17)11-12-19(24-21)15-7-6-8-16(14-15)22(26)27/h6-8,11-12,14,17H,2-5,9-10,13H2,1H3,(H,23,25)(H,26,27). The highest BCUT2D eigenvalue weighted by atomic mass is 32.2. The molecule has 1 N–H and O–H groups in total. The van der Waals surface area contributed by atoms with Crippen molar-refractivity contribution in [3.63, 3.8) is 0 Å². The van der Waals surface area contributed by atoms with Gasteiger partial charge in [-0.15, -0.1) is 24.4 Å². The Labute approximate surface area is 176 Å². The molecule has 1 aliphatic rings. The molecule has 0 aliphatic heterocycles. The van der Waals surface area contributed by atoms with Gasteiger partial charge in [0.2, 0.25) is 5.12 Å². The normalized spacial score (nSPS) is 14.6. The van der Waals surface area contributed by atoms with Crippen LogP contribution in [0.3, 0.4) is 0 Å². The monoisotopic (exact) mass is 414 g/mol. The largest absolute Gasteiger partial charge is 0.349 e. The van der Waals surface area contributed by atoms with Crippen LogP contribution < -0.4 is 5.32 Å². The first kappa shape index (κ1) is 20.9. The van der Waals surface area contributed by atoms with Gasteiger partial charge in [-0.1, -0.05) is 44.4 Å². The maximum absolute atomic E-state index is 12.9. The van der Waals surface area contributed by atoms with E-state index >= 15 is 0 Å². The van der Waals surface area contributed by atoms with Crippen LogP contribution >= 0.6 is 24.4 Å². The number of hydrogen-bond acceptors (Lipinski definition) is 4. The van der Waals surface area contributed by atoms with Gasteiger partial charge in [0.05, 0.1) is 11.3 Å². The number of thiol groups is 1. The second kappa shape index (κ2) is 10.1. The number of aromatic nitrogens is 1. The van der Waals surface area contributed by atoms with Crippen molar-refractivity contribution in [1.29, 1.82) is 0 Å². The Bertz CT molecular complexity index is 848. The van der Waals surface area contributed by atoms with E-state index in [0.717, 1.165) is 41.3 Å². The highest BCUT2D eigenvalue weighted by molar-refractivity contribution is 7.99. The van der Waals surface area contributed by atoms with Crippen LogP contribution in [0.2, 0.25) is 0 Å². The van der Waals surface area contributed by atoms with Crippen molar-refractivity contribution in [3.05, 3.63) is 47.5 Å². The second-order valence-corrected chi connectivity index (χ2v) is 8.58. The summed E-state index contributed by atoms with van der Waals surface area (Å²) in [5, 5.41) is 3.66. The summed E-state index contributed by atoms with van der Waals surface area (Å²) in [6.45, 7) is 2.11. The van der Waals surface area contributed by atoms with Crippen molar-refractivity contribution in [3.8, 4) is 11.3 Å². The topological polar surface area (TPSA) is 59.1 Å². The van der Waals surface area contributed by atoms with Gasteiger partial charge in [-0.05, 0) is 43.2 Å². The van der Waals surface area contributed by atoms with E-state index in [1.165, 1.54) is 19.3 Å². The van der Waals surface area contributed by atoms with Crippen LogP contribution in [0.5, 0.6) is 0 Å². The van der Waals surface area contributed by atoms with E-state index in [2.05, 4.69) is 24.9 Å². The van der Waals surface area contributed by atoms with Crippen molar-refractivity contribution in [2.45, 2.75) is 56.5 Å². The average Bonchev–Trinajstić information content (AvgIpc) is 2.72. The number of hydrogen-bond donors (Lipinski definition) is 2. The Morgan fingerprint density at radius 3 is 2.68 bits per heavy atom. The zero-order valence-corrected chi connectivity index (χ0v) is 17.8. The molecular formula is C22H26N2O2S2. The smallest absolute Gasteiger partial charge is 0.254 e. The summed E-state index contributed by atoms with van der Waals surface area (Å²) in [7, 11) is 0. The lowest BCUT2D eigenvalue weighted by atomic mass is 9.95. The number of thioether (sulfide) groups is 1. The van der Waals surface area contributed by atoms with E-state index in [9.17, 15) is 9.59 Å². The highest BCUT2D eigenvalue weighted by Crippen LogP contribution is 2.27.